The number of nitrogens with zero attached hydrogens (tertiary/aromatic N) is 3. The molecule has 3 aromatic rings. The Balaban J connectivity index is 1.75. The highest BCUT2D eigenvalue weighted by Crippen LogP contribution is 2.23. The first-order valence-corrected chi connectivity index (χ1v) is 11.5. The number of rotatable bonds is 9. The maximum absolute atomic E-state index is 12.5. The molecule has 0 saturated carbocycles. The van der Waals surface area contributed by atoms with Crippen molar-refractivity contribution in [2.75, 3.05) is 0 Å². The highest BCUT2D eigenvalue weighted by atomic mass is 16.5. The molecule has 0 bridgehead atoms. The van der Waals surface area contributed by atoms with Gasteiger partial charge in [0.2, 0.25) is 0 Å². The third-order valence-corrected chi connectivity index (χ3v) is 5.86. The maximum atomic E-state index is 12.5. The fourth-order valence-electron chi connectivity index (χ4n) is 3.31. The van der Waals surface area contributed by atoms with E-state index in [2.05, 4.69) is 11.4 Å². The number of ether oxygens (including phenoxy) is 1. The van der Waals surface area contributed by atoms with Crippen molar-refractivity contribution in [1.82, 2.24) is 15.1 Å². The van der Waals surface area contributed by atoms with Crippen LogP contribution in [0.5, 0.6) is 0 Å². The summed E-state index contributed by atoms with van der Waals surface area (Å²) in [6.45, 7) is 7.38. The van der Waals surface area contributed by atoms with Crippen molar-refractivity contribution in [2.45, 2.75) is 45.9 Å². The van der Waals surface area contributed by atoms with Crippen LogP contribution in [0.3, 0.4) is 0 Å². The number of benzene rings is 2. The van der Waals surface area contributed by atoms with E-state index in [0.717, 1.165) is 22.4 Å². The van der Waals surface area contributed by atoms with E-state index in [4.69, 9.17) is 9.84 Å². The molecule has 1 amide bonds. The summed E-state index contributed by atoms with van der Waals surface area (Å²) in [5.41, 5.74) is 2.46. The van der Waals surface area contributed by atoms with Gasteiger partial charge in [-0.15, -0.1) is 0 Å². The molecule has 0 aliphatic rings. The first-order valence-electron chi connectivity index (χ1n) is 11.5. The lowest BCUT2D eigenvalue weighted by Gasteiger charge is -2.28. The van der Waals surface area contributed by atoms with Crippen LogP contribution < -0.4 is 5.32 Å². The Morgan fingerprint density at radius 1 is 1.11 bits per heavy atom. The molecule has 7 nitrogen and oxygen atoms in total. The Labute approximate surface area is 206 Å². The molecule has 0 saturated heterocycles. The average molecular weight is 471 g/mol. The zero-order valence-electron chi connectivity index (χ0n) is 20.4. The van der Waals surface area contributed by atoms with Gasteiger partial charge in [-0.25, -0.2) is 4.79 Å². The van der Waals surface area contributed by atoms with Crippen molar-refractivity contribution in [1.29, 1.82) is 5.26 Å². The molecule has 7 heteroatoms. The van der Waals surface area contributed by atoms with Crippen molar-refractivity contribution in [2.24, 2.45) is 5.92 Å². The van der Waals surface area contributed by atoms with E-state index in [0.29, 0.717) is 6.54 Å². The number of esters is 1. The highest BCUT2D eigenvalue weighted by Gasteiger charge is 2.32. The van der Waals surface area contributed by atoms with E-state index < -0.39 is 23.5 Å². The molecule has 0 radical (unpaired) electrons. The second kappa shape index (κ2) is 11.3. The molecule has 2 unspecified atom stereocenters. The van der Waals surface area contributed by atoms with Crippen molar-refractivity contribution >= 4 is 18.0 Å². The Morgan fingerprint density at radius 2 is 1.74 bits per heavy atom. The molecule has 0 spiro atoms. The topological polar surface area (TPSA) is 97.0 Å². The standard InChI is InChI=1S/C28H30N4O3/c1-20(2)28(4,19-29)30-27(34)21(3)35-25(33)16-15-24-18-32(17-22-11-7-5-8-12-22)31-26(24)23-13-9-6-10-14-23/h5-16,18,20-21H,17H2,1-4H3,(H,30,34)/b16-15+. The van der Waals surface area contributed by atoms with E-state index in [9.17, 15) is 14.9 Å². The predicted molar refractivity (Wildman–Crippen MR) is 135 cm³/mol. The molecule has 2 aromatic carbocycles. The van der Waals surface area contributed by atoms with Gasteiger partial charge in [-0.05, 0) is 31.4 Å². The van der Waals surface area contributed by atoms with E-state index >= 15 is 0 Å². The summed E-state index contributed by atoms with van der Waals surface area (Å²) < 4.78 is 7.10. The highest BCUT2D eigenvalue weighted by molar-refractivity contribution is 5.91. The van der Waals surface area contributed by atoms with Crippen LogP contribution in [-0.4, -0.2) is 33.3 Å². The molecule has 0 aliphatic carbocycles. The molecule has 180 valence electrons. The summed E-state index contributed by atoms with van der Waals surface area (Å²) in [5, 5.41) is 16.8. The molecular weight excluding hydrogens is 440 g/mol. The second-order valence-electron chi connectivity index (χ2n) is 8.85. The second-order valence-corrected chi connectivity index (χ2v) is 8.85. The molecule has 1 N–H and O–H groups in total. The third kappa shape index (κ3) is 6.67. The number of nitrogens with one attached hydrogen (secondary N) is 1. The summed E-state index contributed by atoms with van der Waals surface area (Å²) in [4.78, 5) is 24.9. The predicted octanol–water partition coefficient (Wildman–Crippen LogP) is 4.60. The van der Waals surface area contributed by atoms with Gasteiger partial charge >= 0.3 is 5.97 Å². The van der Waals surface area contributed by atoms with Crippen LogP contribution in [0, 0.1) is 17.2 Å². The number of hydrogen-bond acceptors (Lipinski definition) is 5. The molecule has 1 heterocycles. The fraction of sp³-hybridized carbons (Fsp3) is 0.286. The summed E-state index contributed by atoms with van der Waals surface area (Å²) in [6.07, 6.45) is 3.74. The number of nitriles is 1. The Hall–Kier alpha value is -4.18. The quantitative estimate of drug-likeness (QED) is 0.364. The van der Waals surface area contributed by atoms with Gasteiger partial charge in [0, 0.05) is 23.4 Å². The van der Waals surface area contributed by atoms with Crippen LogP contribution in [-0.2, 0) is 20.9 Å². The van der Waals surface area contributed by atoms with E-state index in [1.54, 1.807) is 13.0 Å². The summed E-state index contributed by atoms with van der Waals surface area (Å²) >= 11 is 0. The Kier molecular flexibility index (Phi) is 8.21. The minimum absolute atomic E-state index is 0.108. The van der Waals surface area contributed by atoms with E-state index in [1.165, 1.54) is 13.0 Å². The Bertz CT molecular complexity index is 1230. The fourth-order valence-corrected chi connectivity index (χ4v) is 3.31. The third-order valence-electron chi connectivity index (χ3n) is 5.86. The zero-order chi connectivity index (χ0) is 25.4. The molecule has 0 fully saturated rings. The average Bonchev–Trinajstić information content (AvgIpc) is 3.26. The lowest BCUT2D eigenvalue weighted by atomic mass is 9.90. The minimum Gasteiger partial charge on any atom is -0.449 e. The van der Waals surface area contributed by atoms with Gasteiger partial charge in [-0.3, -0.25) is 9.48 Å². The number of hydrogen-bond donors (Lipinski definition) is 1. The number of aromatic nitrogens is 2. The summed E-state index contributed by atoms with van der Waals surface area (Å²) in [7, 11) is 0. The SMILES string of the molecule is CC(OC(=O)/C=C/c1cn(Cc2ccccc2)nc1-c1ccccc1)C(=O)NC(C)(C#N)C(C)C. The largest absolute Gasteiger partial charge is 0.449 e. The van der Waals surface area contributed by atoms with Gasteiger partial charge in [0.25, 0.3) is 5.91 Å². The number of carbonyl (C=O) groups excluding carboxylic acids is 2. The van der Waals surface area contributed by atoms with Gasteiger partial charge in [0.05, 0.1) is 18.3 Å². The van der Waals surface area contributed by atoms with Crippen molar-refractivity contribution < 1.29 is 14.3 Å². The normalized spacial score (nSPS) is 13.7. The van der Waals surface area contributed by atoms with Crippen LogP contribution >= 0.6 is 0 Å². The first kappa shape index (κ1) is 25.4. The lowest BCUT2D eigenvalue weighted by molar-refractivity contribution is -0.150. The molecule has 1 aromatic heterocycles. The molecule has 2 atom stereocenters. The minimum atomic E-state index is -1.05. The van der Waals surface area contributed by atoms with Gasteiger partial charge in [-0.1, -0.05) is 74.5 Å². The summed E-state index contributed by atoms with van der Waals surface area (Å²) in [6, 6.07) is 21.8. The number of carbonyl (C=O) groups is 2. The van der Waals surface area contributed by atoms with E-state index in [1.807, 2.05) is 85.4 Å². The molecule has 3 rings (SSSR count). The first-order chi connectivity index (χ1) is 16.7. The van der Waals surface area contributed by atoms with Gasteiger partial charge < -0.3 is 10.1 Å². The lowest BCUT2D eigenvalue weighted by Crippen LogP contribution is -2.52. The number of amides is 1. The smallest absolute Gasteiger partial charge is 0.331 e. The van der Waals surface area contributed by atoms with Gasteiger partial charge in [-0.2, -0.15) is 10.4 Å². The van der Waals surface area contributed by atoms with Gasteiger partial charge in [0.1, 0.15) is 5.54 Å². The van der Waals surface area contributed by atoms with Gasteiger partial charge in [0.15, 0.2) is 6.10 Å². The maximum Gasteiger partial charge on any atom is 0.331 e. The molecule has 35 heavy (non-hydrogen) atoms. The zero-order valence-corrected chi connectivity index (χ0v) is 20.4. The van der Waals surface area contributed by atoms with Crippen LogP contribution in [0.25, 0.3) is 17.3 Å². The molecular formula is C28H30N4O3. The summed E-state index contributed by atoms with van der Waals surface area (Å²) in [5.74, 6) is -1.29. The van der Waals surface area contributed by atoms with Crippen LogP contribution in [0.1, 0.15) is 38.8 Å². The molecule has 0 aliphatic heterocycles. The Morgan fingerprint density at radius 3 is 2.34 bits per heavy atom. The monoisotopic (exact) mass is 470 g/mol. The van der Waals surface area contributed by atoms with Crippen LogP contribution in [0.15, 0.2) is 72.9 Å². The van der Waals surface area contributed by atoms with Crippen LogP contribution in [0.4, 0.5) is 0 Å². The van der Waals surface area contributed by atoms with Crippen molar-refractivity contribution in [3.63, 3.8) is 0 Å². The van der Waals surface area contributed by atoms with Crippen LogP contribution in [0.2, 0.25) is 0 Å². The van der Waals surface area contributed by atoms with Crippen molar-refractivity contribution in [3.8, 4) is 17.3 Å². The van der Waals surface area contributed by atoms with Crippen molar-refractivity contribution in [3.05, 3.63) is 84.1 Å². The van der Waals surface area contributed by atoms with E-state index in [-0.39, 0.29) is 5.92 Å².